The summed E-state index contributed by atoms with van der Waals surface area (Å²) in [5.74, 6) is -1.12. The molecule has 5 nitrogen and oxygen atoms in total. The monoisotopic (exact) mass is 245 g/mol. The highest BCUT2D eigenvalue weighted by molar-refractivity contribution is 5.85. The number of hydrogen-bond acceptors (Lipinski definition) is 3. The Morgan fingerprint density at radius 3 is 2.00 bits per heavy atom. The van der Waals surface area contributed by atoms with Crippen LogP contribution in [0, 0.1) is 5.41 Å². The highest BCUT2D eigenvalue weighted by Crippen LogP contribution is 2.31. The molecular weight excluding hydrogens is 222 g/mol. The van der Waals surface area contributed by atoms with E-state index in [0.717, 1.165) is 0 Å². The van der Waals surface area contributed by atoms with Crippen LogP contribution in [0.15, 0.2) is 0 Å². The van der Waals surface area contributed by atoms with Crippen LogP contribution in [0.4, 0.5) is 0 Å². The molecule has 0 aromatic carbocycles. The van der Waals surface area contributed by atoms with E-state index in [1.54, 1.807) is 13.8 Å². The van der Waals surface area contributed by atoms with Gasteiger partial charge >= 0.3 is 5.97 Å². The van der Waals surface area contributed by atoms with Crippen molar-refractivity contribution in [3.05, 3.63) is 0 Å². The molecule has 100 valence electrons. The Morgan fingerprint density at radius 1 is 1.18 bits per heavy atom. The second kappa shape index (κ2) is 7.27. The van der Waals surface area contributed by atoms with Gasteiger partial charge < -0.3 is 15.1 Å². The van der Waals surface area contributed by atoms with Crippen LogP contribution in [0.25, 0.3) is 0 Å². The third-order valence-corrected chi connectivity index (χ3v) is 3.40. The van der Waals surface area contributed by atoms with Crippen molar-refractivity contribution in [2.45, 2.75) is 40.0 Å². The predicted molar refractivity (Wildman–Crippen MR) is 64.6 cm³/mol. The normalized spacial score (nSPS) is 11.3. The first-order valence-corrected chi connectivity index (χ1v) is 6.09. The van der Waals surface area contributed by atoms with Gasteiger partial charge in [-0.3, -0.25) is 9.59 Å². The number of carbonyl (C=O) groups excluding carboxylic acids is 1. The molecule has 0 aromatic heterocycles. The number of aliphatic hydroxyl groups is 1. The first kappa shape index (κ1) is 15.9. The van der Waals surface area contributed by atoms with Gasteiger partial charge in [0.05, 0.1) is 12.0 Å². The van der Waals surface area contributed by atoms with Crippen molar-refractivity contribution in [1.29, 1.82) is 0 Å². The van der Waals surface area contributed by atoms with Gasteiger partial charge in [-0.05, 0) is 19.8 Å². The van der Waals surface area contributed by atoms with Crippen molar-refractivity contribution in [1.82, 2.24) is 4.90 Å². The maximum atomic E-state index is 12.0. The van der Waals surface area contributed by atoms with Gasteiger partial charge in [0, 0.05) is 19.5 Å². The first-order valence-electron chi connectivity index (χ1n) is 6.09. The lowest BCUT2D eigenvalue weighted by Crippen LogP contribution is -2.40. The zero-order valence-corrected chi connectivity index (χ0v) is 10.9. The van der Waals surface area contributed by atoms with Crippen LogP contribution in [0.3, 0.4) is 0 Å². The number of rotatable bonds is 8. The van der Waals surface area contributed by atoms with E-state index in [1.165, 1.54) is 4.90 Å². The summed E-state index contributed by atoms with van der Waals surface area (Å²) in [7, 11) is 0. The lowest BCUT2D eigenvalue weighted by molar-refractivity contribution is -0.154. The summed E-state index contributed by atoms with van der Waals surface area (Å²) < 4.78 is 0. The number of amides is 1. The van der Waals surface area contributed by atoms with E-state index in [0.29, 0.717) is 19.4 Å². The minimum Gasteiger partial charge on any atom is -0.481 e. The van der Waals surface area contributed by atoms with Gasteiger partial charge in [-0.25, -0.2) is 0 Å². The summed E-state index contributed by atoms with van der Waals surface area (Å²) in [5, 5.41) is 18.1. The van der Waals surface area contributed by atoms with E-state index in [4.69, 9.17) is 5.11 Å². The van der Waals surface area contributed by atoms with Crippen molar-refractivity contribution >= 4 is 11.9 Å². The number of hydrogen-bond donors (Lipinski definition) is 2. The topological polar surface area (TPSA) is 77.8 Å². The fourth-order valence-corrected chi connectivity index (χ4v) is 1.86. The molecule has 17 heavy (non-hydrogen) atoms. The summed E-state index contributed by atoms with van der Waals surface area (Å²) in [6, 6.07) is 0. The Labute approximate surface area is 102 Å². The van der Waals surface area contributed by atoms with E-state index >= 15 is 0 Å². The average Bonchev–Trinajstić information content (AvgIpc) is 2.32. The number of carboxylic acids is 1. The molecule has 1 amide bonds. The van der Waals surface area contributed by atoms with Crippen molar-refractivity contribution in [2.75, 3.05) is 19.7 Å². The van der Waals surface area contributed by atoms with Crippen LogP contribution < -0.4 is 0 Å². The Bertz CT molecular complexity index is 261. The number of carbonyl (C=O) groups is 2. The van der Waals surface area contributed by atoms with Crippen LogP contribution in [-0.2, 0) is 9.59 Å². The Kier molecular flexibility index (Phi) is 6.80. The van der Waals surface area contributed by atoms with E-state index in [-0.39, 0.29) is 25.5 Å². The van der Waals surface area contributed by atoms with Gasteiger partial charge in [0.25, 0.3) is 0 Å². The van der Waals surface area contributed by atoms with Crippen molar-refractivity contribution in [3.8, 4) is 0 Å². The average molecular weight is 245 g/mol. The standard InChI is InChI=1S/C12H23NO4/c1-4-12(5-2,11(16)17)9-10(15)13(6-3)7-8-14/h14H,4-9H2,1-3H3,(H,16,17). The molecule has 0 radical (unpaired) electrons. The van der Waals surface area contributed by atoms with Gasteiger partial charge in [-0.1, -0.05) is 13.8 Å². The highest BCUT2D eigenvalue weighted by atomic mass is 16.4. The summed E-state index contributed by atoms with van der Waals surface area (Å²) >= 11 is 0. The quantitative estimate of drug-likeness (QED) is 0.671. The van der Waals surface area contributed by atoms with Crippen LogP contribution in [0.5, 0.6) is 0 Å². The van der Waals surface area contributed by atoms with Crippen LogP contribution in [0.1, 0.15) is 40.0 Å². The number of likely N-dealkylation sites (N-methyl/N-ethyl adjacent to an activating group) is 1. The van der Waals surface area contributed by atoms with Gasteiger partial charge in [-0.15, -0.1) is 0 Å². The Morgan fingerprint density at radius 2 is 1.71 bits per heavy atom. The van der Waals surface area contributed by atoms with Crippen molar-refractivity contribution < 1.29 is 19.8 Å². The van der Waals surface area contributed by atoms with E-state index in [1.807, 2.05) is 6.92 Å². The van der Waals surface area contributed by atoms with Crippen LogP contribution in [-0.4, -0.2) is 46.7 Å². The number of carboxylic acid groups (broad SMARTS) is 1. The van der Waals surface area contributed by atoms with Crippen LogP contribution >= 0.6 is 0 Å². The summed E-state index contributed by atoms with van der Waals surface area (Å²) in [6.07, 6.45) is 0.867. The molecule has 0 saturated carbocycles. The molecule has 0 aliphatic heterocycles. The molecule has 0 saturated heterocycles. The molecule has 0 atom stereocenters. The SMILES string of the molecule is CCN(CCO)C(=O)CC(CC)(CC)C(=O)O. The van der Waals surface area contributed by atoms with Crippen molar-refractivity contribution in [3.63, 3.8) is 0 Å². The summed E-state index contributed by atoms with van der Waals surface area (Å²) in [6.45, 7) is 6.03. The molecule has 0 aromatic rings. The largest absolute Gasteiger partial charge is 0.481 e. The zero-order valence-electron chi connectivity index (χ0n) is 10.9. The van der Waals surface area contributed by atoms with E-state index in [2.05, 4.69) is 0 Å². The maximum Gasteiger partial charge on any atom is 0.310 e. The third kappa shape index (κ3) is 4.00. The second-order valence-corrected chi connectivity index (χ2v) is 4.17. The Hall–Kier alpha value is -1.10. The predicted octanol–water partition coefficient (Wildman–Crippen LogP) is 1.11. The van der Waals surface area contributed by atoms with E-state index in [9.17, 15) is 14.7 Å². The van der Waals surface area contributed by atoms with Crippen LogP contribution in [0.2, 0.25) is 0 Å². The fraction of sp³-hybridized carbons (Fsp3) is 0.833. The molecule has 0 aliphatic carbocycles. The fourth-order valence-electron chi connectivity index (χ4n) is 1.86. The summed E-state index contributed by atoms with van der Waals surface area (Å²) in [5.41, 5.74) is -0.972. The third-order valence-electron chi connectivity index (χ3n) is 3.40. The molecule has 0 unspecified atom stereocenters. The second-order valence-electron chi connectivity index (χ2n) is 4.17. The Balaban J connectivity index is 4.76. The molecular formula is C12H23NO4. The number of aliphatic carboxylic acids is 1. The molecule has 0 aliphatic rings. The molecule has 0 heterocycles. The maximum absolute atomic E-state index is 12.0. The molecule has 5 heteroatoms. The lowest BCUT2D eigenvalue weighted by atomic mass is 9.79. The van der Waals surface area contributed by atoms with Gasteiger partial charge in [0.2, 0.25) is 5.91 Å². The molecule has 2 N–H and O–H groups in total. The number of aliphatic hydroxyl groups excluding tert-OH is 1. The molecule has 0 rings (SSSR count). The molecule has 0 fully saturated rings. The van der Waals surface area contributed by atoms with Gasteiger partial charge in [-0.2, -0.15) is 0 Å². The van der Waals surface area contributed by atoms with Gasteiger partial charge in [0.15, 0.2) is 0 Å². The molecule has 0 bridgehead atoms. The summed E-state index contributed by atoms with van der Waals surface area (Å²) in [4.78, 5) is 24.7. The highest BCUT2D eigenvalue weighted by Gasteiger charge is 2.38. The van der Waals surface area contributed by atoms with E-state index < -0.39 is 11.4 Å². The minimum absolute atomic E-state index is 0.00315. The number of nitrogens with zero attached hydrogens (tertiary/aromatic N) is 1. The van der Waals surface area contributed by atoms with Crippen molar-refractivity contribution in [2.24, 2.45) is 5.41 Å². The van der Waals surface area contributed by atoms with Gasteiger partial charge in [0.1, 0.15) is 0 Å². The first-order chi connectivity index (χ1) is 7.97. The molecule has 0 spiro atoms. The lowest BCUT2D eigenvalue weighted by Gasteiger charge is -2.29. The smallest absolute Gasteiger partial charge is 0.310 e. The minimum atomic E-state index is -0.972. The zero-order chi connectivity index (χ0) is 13.5.